The molecule has 9 heteroatoms. The summed E-state index contributed by atoms with van der Waals surface area (Å²) in [6.45, 7) is 6.66. The van der Waals surface area contributed by atoms with Gasteiger partial charge in [0.1, 0.15) is 23.8 Å². The third-order valence-corrected chi connectivity index (χ3v) is 4.53. The smallest absolute Gasteiger partial charge is 0.355 e. The van der Waals surface area contributed by atoms with E-state index < -0.39 is 17.8 Å². The van der Waals surface area contributed by atoms with E-state index in [2.05, 4.69) is 4.98 Å². The number of aromatic amines is 1. The number of carbonyl (C=O) groups is 3. The maximum absolute atomic E-state index is 12.9. The number of amides is 1. The third-order valence-electron chi connectivity index (χ3n) is 4.53. The van der Waals surface area contributed by atoms with Gasteiger partial charge in [0.05, 0.1) is 18.8 Å². The lowest BCUT2D eigenvalue weighted by atomic mass is 10.2. The van der Waals surface area contributed by atoms with Crippen LogP contribution < -0.4 is 10.7 Å². The van der Waals surface area contributed by atoms with E-state index in [9.17, 15) is 14.4 Å². The van der Waals surface area contributed by atoms with Crippen LogP contribution >= 0.6 is 0 Å². The molecule has 3 rings (SSSR count). The number of hydrazine groups is 1. The van der Waals surface area contributed by atoms with E-state index in [1.807, 2.05) is 31.8 Å². The van der Waals surface area contributed by atoms with Gasteiger partial charge in [-0.25, -0.2) is 14.8 Å². The zero-order chi connectivity index (χ0) is 21.9. The molecule has 1 aromatic carbocycles. The largest absolute Gasteiger partial charge is 0.455 e. The molecule has 30 heavy (non-hydrogen) atoms. The van der Waals surface area contributed by atoms with Gasteiger partial charge in [-0.3, -0.25) is 4.79 Å². The van der Waals surface area contributed by atoms with E-state index in [-0.39, 0.29) is 18.7 Å². The van der Waals surface area contributed by atoms with Crippen LogP contribution in [0.3, 0.4) is 0 Å². The van der Waals surface area contributed by atoms with Gasteiger partial charge in [-0.2, -0.15) is 0 Å². The Morgan fingerprint density at radius 3 is 2.80 bits per heavy atom. The number of nitrogens with two attached hydrogens (primary N) is 1. The normalized spacial score (nSPS) is 17.7. The fourth-order valence-electron chi connectivity index (χ4n) is 3.29. The number of ether oxygens (including phenoxy) is 2. The molecule has 1 atom stereocenters. The monoisotopic (exact) mass is 416 g/mol. The predicted molar refractivity (Wildman–Crippen MR) is 112 cm³/mol. The summed E-state index contributed by atoms with van der Waals surface area (Å²) in [6.07, 6.45) is 0.449. The van der Waals surface area contributed by atoms with Crippen molar-refractivity contribution in [3.8, 4) is 0 Å². The van der Waals surface area contributed by atoms with Crippen molar-refractivity contribution in [1.82, 2.24) is 9.99 Å². The molecule has 1 aliphatic rings. The summed E-state index contributed by atoms with van der Waals surface area (Å²) in [5.74, 6) is -0.656. The molecule has 3 N–H and O–H groups in total. The van der Waals surface area contributed by atoms with Crippen molar-refractivity contribution in [3.63, 3.8) is 0 Å². The van der Waals surface area contributed by atoms with Gasteiger partial charge in [-0.05, 0) is 45.0 Å². The molecular formula is C21H28N4O5. The van der Waals surface area contributed by atoms with Gasteiger partial charge in [0.2, 0.25) is 5.91 Å². The van der Waals surface area contributed by atoms with E-state index in [0.717, 1.165) is 17.2 Å². The van der Waals surface area contributed by atoms with Crippen molar-refractivity contribution in [2.75, 3.05) is 24.7 Å². The van der Waals surface area contributed by atoms with Gasteiger partial charge >= 0.3 is 5.97 Å². The molecule has 1 unspecified atom stereocenters. The number of anilines is 1. The number of morpholine rings is 1. The Labute approximate surface area is 175 Å². The van der Waals surface area contributed by atoms with Gasteiger partial charge in [0.15, 0.2) is 0 Å². The number of aromatic nitrogens is 1. The Balaban J connectivity index is 1.92. The zero-order valence-electron chi connectivity index (χ0n) is 17.5. The lowest BCUT2D eigenvalue weighted by Crippen LogP contribution is -2.56. The Morgan fingerprint density at radius 2 is 2.13 bits per heavy atom. The molecule has 0 aliphatic carbocycles. The fourth-order valence-corrected chi connectivity index (χ4v) is 3.29. The number of rotatable bonds is 6. The number of hydrogen-bond donors (Lipinski definition) is 2. The summed E-state index contributed by atoms with van der Waals surface area (Å²) in [5, 5.41) is 4.13. The van der Waals surface area contributed by atoms with Gasteiger partial charge in [0, 0.05) is 30.3 Å². The first-order chi connectivity index (χ1) is 14.2. The topological polar surface area (TPSA) is 118 Å². The first-order valence-electron chi connectivity index (χ1n) is 9.93. The van der Waals surface area contributed by atoms with Gasteiger partial charge < -0.3 is 25.0 Å². The molecule has 1 saturated heterocycles. The second-order valence-corrected chi connectivity index (χ2v) is 8.19. The van der Waals surface area contributed by atoms with Gasteiger partial charge in [-0.1, -0.05) is 0 Å². The number of nitrogens with one attached hydrogen (secondary N) is 1. The summed E-state index contributed by atoms with van der Waals surface area (Å²) < 4.78 is 10.8. The number of hydrogen-bond acceptors (Lipinski definition) is 7. The molecule has 0 saturated carbocycles. The number of H-pyrrole nitrogens is 1. The summed E-state index contributed by atoms with van der Waals surface area (Å²) in [6, 6.07) is 7.11. The maximum atomic E-state index is 12.9. The molecule has 162 valence electrons. The minimum atomic E-state index is -0.601. The minimum Gasteiger partial charge on any atom is -0.455 e. The average molecular weight is 416 g/mol. The molecule has 1 aromatic heterocycles. The van der Waals surface area contributed by atoms with E-state index in [1.54, 1.807) is 23.2 Å². The van der Waals surface area contributed by atoms with E-state index in [0.29, 0.717) is 31.1 Å². The molecule has 1 amide bonds. The van der Waals surface area contributed by atoms with Crippen LogP contribution in [0.15, 0.2) is 24.3 Å². The zero-order valence-corrected chi connectivity index (χ0v) is 17.5. The highest BCUT2D eigenvalue weighted by Gasteiger charge is 2.28. The molecule has 9 nitrogen and oxygen atoms in total. The van der Waals surface area contributed by atoms with E-state index >= 15 is 0 Å². The standard InChI is InChI=1S/C21H28N4O5/c1-21(2,3)30-20(28)17-12-14-11-15(6-7-16(14)23-17)25(19(27)5-4-9-26)24-8-10-29-18(22)13-24/h6-7,9,11-12,18,23H,4-5,8,10,13,22H2,1-3H3. The highest BCUT2D eigenvalue weighted by atomic mass is 16.6. The van der Waals surface area contributed by atoms with Crippen LogP contribution in [-0.4, -0.2) is 59.7 Å². The highest BCUT2D eigenvalue weighted by molar-refractivity contribution is 5.99. The van der Waals surface area contributed by atoms with E-state index in [4.69, 9.17) is 15.2 Å². The van der Waals surface area contributed by atoms with Crippen molar-refractivity contribution in [2.45, 2.75) is 45.4 Å². The molecule has 2 aromatic rings. The fraction of sp³-hybridized carbons (Fsp3) is 0.476. The molecule has 1 fully saturated rings. The summed E-state index contributed by atoms with van der Waals surface area (Å²) in [5.41, 5.74) is 7.02. The van der Waals surface area contributed by atoms with Gasteiger partial charge in [-0.15, -0.1) is 0 Å². The van der Waals surface area contributed by atoms with Crippen LogP contribution in [0.1, 0.15) is 44.1 Å². The first kappa shape index (κ1) is 21.9. The Hall–Kier alpha value is -2.75. The number of nitrogens with zero attached hydrogens (tertiary/aromatic N) is 2. The minimum absolute atomic E-state index is 0.0877. The number of fused-ring (bicyclic) bond motifs is 1. The Morgan fingerprint density at radius 1 is 1.37 bits per heavy atom. The highest BCUT2D eigenvalue weighted by Crippen LogP contribution is 2.26. The molecule has 0 radical (unpaired) electrons. The lowest BCUT2D eigenvalue weighted by molar-refractivity contribution is -0.125. The van der Waals surface area contributed by atoms with Crippen LogP contribution in [-0.2, 0) is 19.1 Å². The number of esters is 1. The molecule has 2 heterocycles. The van der Waals surface area contributed by atoms with Crippen molar-refractivity contribution >= 4 is 34.8 Å². The summed E-state index contributed by atoms with van der Waals surface area (Å²) >= 11 is 0. The predicted octanol–water partition coefficient (Wildman–Crippen LogP) is 1.97. The van der Waals surface area contributed by atoms with Crippen molar-refractivity contribution in [3.05, 3.63) is 30.0 Å². The summed E-state index contributed by atoms with van der Waals surface area (Å²) in [4.78, 5) is 39.1. The van der Waals surface area contributed by atoms with E-state index in [1.165, 1.54) is 0 Å². The molecular weight excluding hydrogens is 388 g/mol. The van der Waals surface area contributed by atoms with Crippen LogP contribution in [0, 0.1) is 0 Å². The van der Waals surface area contributed by atoms with Crippen molar-refractivity contribution < 1.29 is 23.9 Å². The average Bonchev–Trinajstić information content (AvgIpc) is 3.09. The second-order valence-electron chi connectivity index (χ2n) is 8.19. The lowest BCUT2D eigenvalue weighted by Gasteiger charge is -2.39. The Bertz CT molecular complexity index is 933. The maximum Gasteiger partial charge on any atom is 0.355 e. The van der Waals surface area contributed by atoms with Crippen molar-refractivity contribution in [2.24, 2.45) is 5.73 Å². The van der Waals surface area contributed by atoms with Gasteiger partial charge in [0.25, 0.3) is 0 Å². The number of aldehydes is 1. The van der Waals surface area contributed by atoms with Crippen molar-refractivity contribution in [1.29, 1.82) is 0 Å². The van der Waals surface area contributed by atoms with Crippen LogP contribution in [0.4, 0.5) is 5.69 Å². The quantitative estimate of drug-likeness (QED) is 0.546. The molecule has 0 bridgehead atoms. The number of benzene rings is 1. The summed E-state index contributed by atoms with van der Waals surface area (Å²) in [7, 11) is 0. The Kier molecular flexibility index (Phi) is 6.55. The number of carbonyl (C=O) groups excluding carboxylic acids is 3. The molecule has 0 spiro atoms. The second kappa shape index (κ2) is 8.95. The SMILES string of the molecule is CC(C)(C)OC(=O)c1cc2cc(N(C(=O)CCC=O)N3CCOC(N)C3)ccc2[nH]1. The molecule has 1 aliphatic heterocycles. The van der Waals surface area contributed by atoms with Crippen LogP contribution in [0.2, 0.25) is 0 Å². The van der Waals surface area contributed by atoms with Crippen LogP contribution in [0.5, 0.6) is 0 Å². The third kappa shape index (κ3) is 5.24. The van der Waals surface area contributed by atoms with Crippen LogP contribution in [0.25, 0.3) is 10.9 Å². The first-order valence-corrected chi connectivity index (χ1v) is 9.93.